The largest absolute Gasteiger partial charge is 0.770 e. The fourth-order valence-electron chi connectivity index (χ4n) is 0.400. The van der Waals surface area contributed by atoms with E-state index in [1.165, 1.54) is 7.05 Å². The molecule has 0 radical (unpaired) electrons. The molecule has 0 bridgehead atoms. The molecule has 0 fully saturated rings. The molecule has 0 aliphatic rings. The molecule has 0 aromatic heterocycles. The Balaban J connectivity index is 4.07. The summed E-state index contributed by atoms with van der Waals surface area (Å²) < 4.78 is 24.2. The number of guanidine groups is 1. The maximum Gasteiger partial charge on any atom is 0.770 e. The molecule has 0 saturated carbocycles. The summed E-state index contributed by atoms with van der Waals surface area (Å²) in [6, 6.07) is 0. The van der Waals surface area contributed by atoms with Gasteiger partial charge in [-0.3, -0.25) is 4.90 Å². The summed E-state index contributed by atoms with van der Waals surface area (Å²) in [4.78, 5) is 17.7. The molecule has 8 nitrogen and oxygen atoms in total. The van der Waals surface area contributed by atoms with Crippen molar-refractivity contribution in [1.82, 2.24) is 4.90 Å². The minimum atomic E-state index is -2.86. The quantitative estimate of drug-likeness (QED) is 0.257. The number of nitrogens with zero attached hydrogens (tertiary/aromatic N) is 2. The molecule has 0 heterocycles. The third-order valence-electron chi connectivity index (χ3n) is 0.928. The standard InChI is InChI=1S/C3H7N3O5P2/c1-6(2-12(7)8)3(4)5-11-13(9)10/h2H2,1H3,(H2-2,4,5,7,8,9,10)/p+2. The van der Waals surface area contributed by atoms with Gasteiger partial charge in [0, 0.05) is 16.8 Å². The maximum atomic E-state index is 10.3. The second-order valence-electron chi connectivity index (χ2n) is 1.96. The van der Waals surface area contributed by atoms with Crippen molar-refractivity contribution in [2.24, 2.45) is 10.9 Å². The van der Waals surface area contributed by atoms with Crippen molar-refractivity contribution >= 4 is 22.2 Å². The summed E-state index contributed by atoms with van der Waals surface area (Å²) in [6.45, 7) is 0. The van der Waals surface area contributed by atoms with Gasteiger partial charge in [-0.1, -0.05) is 0 Å². The highest BCUT2D eigenvalue weighted by Gasteiger charge is 2.18. The van der Waals surface area contributed by atoms with E-state index in [2.05, 4.69) is 9.78 Å². The normalized spacial score (nSPS) is 13.6. The summed E-state index contributed by atoms with van der Waals surface area (Å²) in [5, 5.41) is 3.02. The molecule has 74 valence electrons. The Morgan fingerprint density at radius 2 is 2.15 bits per heavy atom. The van der Waals surface area contributed by atoms with Crippen LogP contribution in [0.1, 0.15) is 0 Å². The van der Waals surface area contributed by atoms with Crippen molar-refractivity contribution in [3.63, 3.8) is 0 Å². The van der Waals surface area contributed by atoms with E-state index in [-0.39, 0.29) is 12.2 Å². The van der Waals surface area contributed by atoms with E-state index in [9.17, 15) is 9.13 Å². The van der Waals surface area contributed by atoms with Crippen LogP contribution in [0.3, 0.4) is 0 Å². The van der Waals surface area contributed by atoms with Gasteiger partial charge >= 0.3 is 16.3 Å². The Morgan fingerprint density at radius 3 is 2.54 bits per heavy atom. The van der Waals surface area contributed by atoms with Gasteiger partial charge in [0.2, 0.25) is 5.96 Å². The van der Waals surface area contributed by atoms with Gasteiger partial charge in [-0.2, -0.15) is 4.89 Å². The molecule has 10 heteroatoms. The smallest absolute Gasteiger partial charge is 0.367 e. The Morgan fingerprint density at radius 1 is 1.62 bits per heavy atom. The summed E-state index contributed by atoms with van der Waals surface area (Å²) in [5.41, 5.74) is 5.19. The average molecular weight is 229 g/mol. The molecule has 0 aromatic rings. The molecule has 2 unspecified atom stereocenters. The zero-order chi connectivity index (χ0) is 10.4. The lowest BCUT2D eigenvalue weighted by atomic mass is 10.8. The van der Waals surface area contributed by atoms with Crippen LogP contribution in [-0.4, -0.2) is 34.0 Å². The third kappa shape index (κ3) is 6.36. The number of hydrogen-bond donors (Lipinski definition) is 3. The van der Waals surface area contributed by atoms with E-state index in [0.29, 0.717) is 0 Å². The topological polar surface area (TPSA) is 125 Å². The van der Waals surface area contributed by atoms with Gasteiger partial charge < -0.3 is 5.73 Å². The molecule has 13 heavy (non-hydrogen) atoms. The van der Waals surface area contributed by atoms with E-state index in [1.807, 2.05) is 0 Å². The van der Waals surface area contributed by atoms with Crippen molar-refractivity contribution < 1.29 is 23.5 Å². The Kier molecular flexibility index (Phi) is 5.41. The second kappa shape index (κ2) is 5.77. The number of nitrogens with two attached hydrogens (primary N) is 1. The van der Waals surface area contributed by atoms with Crippen LogP contribution < -0.4 is 5.73 Å². The van der Waals surface area contributed by atoms with Gasteiger partial charge in [-0.15, -0.1) is 9.52 Å². The number of hydrogen-bond acceptors (Lipinski definition) is 4. The van der Waals surface area contributed by atoms with Crippen LogP contribution in [0.2, 0.25) is 0 Å². The van der Waals surface area contributed by atoms with E-state index in [4.69, 9.17) is 15.5 Å². The SMILES string of the molecule is CN(C[P+](=O)O)C(N)=NO[P+](=O)O. The van der Waals surface area contributed by atoms with Crippen molar-refractivity contribution in [1.29, 1.82) is 0 Å². The number of oxime groups is 1. The predicted molar refractivity (Wildman–Crippen MR) is 45.0 cm³/mol. The molecule has 0 spiro atoms. The highest BCUT2D eigenvalue weighted by atomic mass is 31.1. The zero-order valence-corrected chi connectivity index (χ0v) is 8.48. The minimum Gasteiger partial charge on any atom is -0.367 e. The first-order chi connectivity index (χ1) is 5.93. The van der Waals surface area contributed by atoms with Crippen LogP contribution in [0.15, 0.2) is 5.16 Å². The lowest BCUT2D eigenvalue weighted by molar-refractivity contribution is 0.290. The Labute approximate surface area is 75.8 Å². The van der Waals surface area contributed by atoms with Crippen LogP contribution in [-0.2, 0) is 13.8 Å². The van der Waals surface area contributed by atoms with Crippen LogP contribution >= 0.6 is 16.3 Å². The molecule has 0 aromatic carbocycles. The molecule has 4 N–H and O–H groups in total. The van der Waals surface area contributed by atoms with Crippen LogP contribution in [0.5, 0.6) is 0 Å². The van der Waals surface area contributed by atoms with Gasteiger partial charge in [0.15, 0.2) is 0 Å². The van der Waals surface area contributed by atoms with E-state index < -0.39 is 16.3 Å². The average Bonchev–Trinajstić information content (AvgIpc) is 1.98. The van der Waals surface area contributed by atoms with Crippen molar-refractivity contribution in [3.8, 4) is 0 Å². The number of rotatable bonds is 4. The van der Waals surface area contributed by atoms with Gasteiger partial charge in [0.1, 0.15) is 0 Å². The third-order valence-corrected chi connectivity index (χ3v) is 1.82. The summed E-state index contributed by atoms with van der Waals surface area (Å²) in [7, 11) is -3.85. The lowest BCUT2D eigenvalue weighted by Gasteiger charge is -2.07. The highest BCUT2D eigenvalue weighted by Crippen LogP contribution is 2.16. The first-order valence-corrected chi connectivity index (χ1v) is 5.47. The van der Waals surface area contributed by atoms with Crippen LogP contribution in [0.25, 0.3) is 0 Å². The summed E-state index contributed by atoms with van der Waals surface area (Å²) >= 11 is 0. The molecule has 2 atom stereocenters. The summed E-state index contributed by atoms with van der Waals surface area (Å²) in [6.07, 6.45) is -0.226. The zero-order valence-electron chi connectivity index (χ0n) is 6.69. The molecule has 0 aliphatic carbocycles. The highest BCUT2D eigenvalue weighted by molar-refractivity contribution is 7.37. The first kappa shape index (κ1) is 12.2. The minimum absolute atomic E-state index is 0.226. The molecule has 0 saturated heterocycles. The maximum absolute atomic E-state index is 10.3. The van der Waals surface area contributed by atoms with Crippen LogP contribution in [0, 0.1) is 0 Å². The van der Waals surface area contributed by atoms with Crippen LogP contribution in [0.4, 0.5) is 0 Å². The second-order valence-corrected chi connectivity index (χ2v) is 3.59. The molecular weight excluding hydrogens is 220 g/mol. The van der Waals surface area contributed by atoms with Crippen molar-refractivity contribution in [2.45, 2.75) is 0 Å². The molecule has 0 amide bonds. The monoisotopic (exact) mass is 229 g/mol. The van der Waals surface area contributed by atoms with Gasteiger partial charge in [-0.05, 0) is 4.57 Å². The lowest BCUT2D eigenvalue weighted by Crippen LogP contribution is -2.33. The first-order valence-electron chi connectivity index (χ1n) is 2.95. The molecule has 0 aliphatic heterocycles. The van der Waals surface area contributed by atoms with Gasteiger partial charge in [0.25, 0.3) is 6.29 Å². The summed E-state index contributed by atoms with van der Waals surface area (Å²) in [5.74, 6) is -0.255. The molecular formula is C3H9N3O5P2+2. The Bertz CT molecular complexity index is 243. The fourth-order valence-corrected chi connectivity index (χ4v) is 1.06. The van der Waals surface area contributed by atoms with Crippen molar-refractivity contribution in [3.05, 3.63) is 0 Å². The van der Waals surface area contributed by atoms with E-state index in [1.54, 1.807) is 0 Å². The van der Waals surface area contributed by atoms with Crippen molar-refractivity contribution in [2.75, 3.05) is 13.3 Å². The van der Waals surface area contributed by atoms with E-state index in [0.717, 1.165) is 4.90 Å². The molecule has 0 rings (SSSR count). The Hall–Kier alpha value is -0.810. The van der Waals surface area contributed by atoms with E-state index >= 15 is 0 Å². The fraction of sp³-hybridized carbons (Fsp3) is 0.667. The van der Waals surface area contributed by atoms with Gasteiger partial charge in [0.05, 0.1) is 0 Å². The predicted octanol–water partition coefficient (Wildman–Crippen LogP) is -0.494. The van der Waals surface area contributed by atoms with Gasteiger partial charge in [-0.25, -0.2) is 0 Å².